The highest BCUT2D eigenvalue weighted by atomic mass is 16.1. The number of hydrogen-bond acceptors (Lipinski definition) is 2. The predicted octanol–water partition coefficient (Wildman–Crippen LogP) is 1.46. The van der Waals surface area contributed by atoms with Crippen molar-refractivity contribution in [2.75, 3.05) is 11.9 Å². The molecular weight excluding hydrogens is 200 g/mol. The van der Waals surface area contributed by atoms with E-state index in [1.165, 1.54) is 18.4 Å². The molecule has 0 saturated heterocycles. The molecule has 3 heteroatoms. The predicted molar refractivity (Wildman–Crippen MR) is 63.2 cm³/mol. The number of nitrogens with one attached hydrogen (secondary N) is 1. The summed E-state index contributed by atoms with van der Waals surface area (Å²) in [6, 6.07) is 6.28. The lowest BCUT2D eigenvalue weighted by atomic mass is 9.95. The van der Waals surface area contributed by atoms with Crippen LogP contribution in [-0.4, -0.2) is 12.5 Å². The highest BCUT2D eigenvalue weighted by molar-refractivity contribution is 5.99. The Morgan fingerprint density at radius 1 is 1.38 bits per heavy atom. The summed E-state index contributed by atoms with van der Waals surface area (Å²) in [6.45, 7) is 0.779. The lowest BCUT2D eigenvalue weighted by molar-refractivity contribution is -0.115. The summed E-state index contributed by atoms with van der Waals surface area (Å²) in [4.78, 5) is 11.2. The molecule has 0 aromatic heterocycles. The largest absolute Gasteiger partial charge is 0.330 e. The Bertz CT molecular complexity index is 449. The molecule has 16 heavy (non-hydrogen) atoms. The highest BCUT2D eigenvalue weighted by Crippen LogP contribution is 2.47. The minimum Gasteiger partial charge on any atom is -0.330 e. The van der Waals surface area contributed by atoms with Gasteiger partial charge in [-0.2, -0.15) is 0 Å². The van der Waals surface area contributed by atoms with Crippen molar-refractivity contribution < 1.29 is 4.79 Å². The molecule has 1 fully saturated rings. The summed E-state index contributed by atoms with van der Waals surface area (Å²) in [5.74, 6) is 0.104. The van der Waals surface area contributed by atoms with E-state index < -0.39 is 0 Å². The molecule has 3 N–H and O–H groups in total. The zero-order valence-corrected chi connectivity index (χ0v) is 9.25. The fourth-order valence-corrected chi connectivity index (χ4v) is 2.46. The number of benzene rings is 1. The van der Waals surface area contributed by atoms with Gasteiger partial charge >= 0.3 is 0 Å². The molecule has 0 atom stereocenters. The van der Waals surface area contributed by atoms with Crippen LogP contribution in [0.15, 0.2) is 18.2 Å². The fourth-order valence-electron chi connectivity index (χ4n) is 2.46. The van der Waals surface area contributed by atoms with Crippen molar-refractivity contribution in [2.45, 2.75) is 25.7 Å². The van der Waals surface area contributed by atoms with E-state index in [0.717, 1.165) is 24.2 Å². The number of amides is 1. The molecule has 1 amide bonds. The van der Waals surface area contributed by atoms with Gasteiger partial charge < -0.3 is 11.1 Å². The van der Waals surface area contributed by atoms with E-state index >= 15 is 0 Å². The molecule has 1 aromatic carbocycles. The third-order valence-corrected chi connectivity index (χ3v) is 3.76. The number of hydrogen-bond donors (Lipinski definition) is 2. The maximum atomic E-state index is 11.2. The standard InChI is InChI=1S/C13H16N2O/c14-8-13(3-4-13)7-9-1-2-11-10(5-9)6-12(16)15-11/h1-2,5H,3-4,6-8,14H2,(H,15,16). The molecular formula is C13H16N2O. The monoisotopic (exact) mass is 216 g/mol. The molecule has 1 aliphatic carbocycles. The zero-order valence-electron chi connectivity index (χ0n) is 9.25. The Morgan fingerprint density at radius 3 is 2.88 bits per heavy atom. The smallest absolute Gasteiger partial charge is 0.228 e. The van der Waals surface area contributed by atoms with Gasteiger partial charge in [-0.15, -0.1) is 0 Å². The molecule has 84 valence electrons. The van der Waals surface area contributed by atoms with E-state index in [0.29, 0.717) is 11.8 Å². The van der Waals surface area contributed by atoms with Gasteiger partial charge in [-0.3, -0.25) is 4.79 Å². The highest BCUT2D eigenvalue weighted by Gasteiger charge is 2.41. The van der Waals surface area contributed by atoms with Crippen molar-refractivity contribution in [3.05, 3.63) is 29.3 Å². The SMILES string of the molecule is NCC1(Cc2ccc3c(c2)CC(=O)N3)CC1. The Balaban J connectivity index is 1.83. The van der Waals surface area contributed by atoms with Gasteiger partial charge in [0.1, 0.15) is 0 Å². The van der Waals surface area contributed by atoms with Crippen LogP contribution in [0.5, 0.6) is 0 Å². The third-order valence-electron chi connectivity index (χ3n) is 3.76. The maximum absolute atomic E-state index is 11.2. The first-order valence-electron chi connectivity index (χ1n) is 5.83. The Morgan fingerprint density at radius 2 is 2.19 bits per heavy atom. The van der Waals surface area contributed by atoms with Gasteiger partial charge in [-0.05, 0) is 48.4 Å². The number of carbonyl (C=O) groups excluding carboxylic acids is 1. The van der Waals surface area contributed by atoms with Gasteiger partial charge in [0.25, 0.3) is 0 Å². The molecule has 0 spiro atoms. The Hall–Kier alpha value is -1.35. The number of carbonyl (C=O) groups is 1. The van der Waals surface area contributed by atoms with E-state index in [-0.39, 0.29) is 5.91 Å². The zero-order chi connectivity index (χ0) is 11.2. The number of nitrogens with two attached hydrogens (primary N) is 1. The van der Waals surface area contributed by atoms with E-state index in [9.17, 15) is 4.79 Å². The van der Waals surface area contributed by atoms with Crippen LogP contribution in [-0.2, 0) is 17.6 Å². The molecule has 3 nitrogen and oxygen atoms in total. The van der Waals surface area contributed by atoms with Crippen LogP contribution >= 0.6 is 0 Å². The van der Waals surface area contributed by atoms with Crippen molar-refractivity contribution in [1.29, 1.82) is 0 Å². The summed E-state index contributed by atoms with van der Waals surface area (Å²) >= 11 is 0. The first kappa shape index (κ1) is 9.85. The third kappa shape index (κ3) is 1.61. The molecule has 1 aliphatic heterocycles. The molecule has 0 unspecified atom stereocenters. The van der Waals surface area contributed by atoms with Crippen LogP contribution in [0.25, 0.3) is 0 Å². The van der Waals surface area contributed by atoms with Gasteiger partial charge in [0.15, 0.2) is 0 Å². The topological polar surface area (TPSA) is 55.1 Å². The average Bonchev–Trinajstić information content (AvgIpc) is 2.93. The molecule has 0 radical (unpaired) electrons. The van der Waals surface area contributed by atoms with Gasteiger partial charge in [0.05, 0.1) is 6.42 Å². The molecule has 2 aliphatic rings. The maximum Gasteiger partial charge on any atom is 0.228 e. The van der Waals surface area contributed by atoms with E-state index in [2.05, 4.69) is 17.4 Å². The van der Waals surface area contributed by atoms with Crippen molar-refractivity contribution in [2.24, 2.45) is 11.1 Å². The molecule has 3 rings (SSSR count). The lowest BCUT2D eigenvalue weighted by Crippen LogP contribution is -2.17. The van der Waals surface area contributed by atoms with Crippen molar-refractivity contribution in [3.8, 4) is 0 Å². The van der Waals surface area contributed by atoms with Gasteiger partial charge in [0, 0.05) is 5.69 Å². The first-order valence-corrected chi connectivity index (χ1v) is 5.83. The Labute approximate surface area is 95.0 Å². The van der Waals surface area contributed by atoms with Crippen LogP contribution in [0.4, 0.5) is 5.69 Å². The van der Waals surface area contributed by atoms with Crippen LogP contribution < -0.4 is 11.1 Å². The van der Waals surface area contributed by atoms with Crippen molar-refractivity contribution in [1.82, 2.24) is 0 Å². The quantitative estimate of drug-likeness (QED) is 0.803. The molecule has 0 bridgehead atoms. The normalized spacial score (nSPS) is 20.4. The van der Waals surface area contributed by atoms with E-state index in [4.69, 9.17) is 5.73 Å². The molecule has 1 saturated carbocycles. The summed E-state index contributed by atoms with van der Waals surface area (Å²) in [7, 11) is 0. The minimum atomic E-state index is 0.104. The van der Waals surface area contributed by atoms with Crippen LogP contribution in [0.3, 0.4) is 0 Å². The van der Waals surface area contributed by atoms with Crippen molar-refractivity contribution >= 4 is 11.6 Å². The van der Waals surface area contributed by atoms with Gasteiger partial charge in [0.2, 0.25) is 5.91 Å². The summed E-state index contributed by atoms with van der Waals surface area (Å²) in [6.07, 6.45) is 4.08. The van der Waals surface area contributed by atoms with Crippen LogP contribution in [0.2, 0.25) is 0 Å². The summed E-state index contributed by atoms with van der Waals surface area (Å²) < 4.78 is 0. The second-order valence-corrected chi connectivity index (χ2v) is 5.10. The lowest BCUT2D eigenvalue weighted by Gasteiger charge is -2.12. The summed E-state index contributed by atoms with van der Waals surface area (Å²) in [5, 5.41) is 2.85. The van der Waals surface area contributed by atoms with Gasteiger partial charge in [-0.25, -0.2) is 0 Å². The second-order valence-electron chi connectivity index (χ2n) is 5.10. The second kappa shape index (κ2) is 3.32. The van der Waals surface area contributed by atoms with Gasteiger partial charge in [-0.1, -0.05) is 12.1 Å². The van der Waals surface area contributed by atoms with E-state index in [1.807, 2.05) is 6.07 Å². The van der Waals surface area contributed by atoms with Crippen LogP contribution in [0, 0.1) is 5.41 Å². The molecule has 1 aromatic rings. The number of fused-ring (bicyclic) bond motifs is 1. The average molecular weight is 216 g/mol. The minimum absolute atomic E-state index is 0.104. The Kier molecular flexibility index (Phi) is 2.04. The molecule has 1 heterocycles. The first-order chi connectivity index (χ1) is 7.71. The fraction of sp³-hybridized carbons (Fsp3) is 0.462. The van der Waals surface area contributed by atoms with Crippen molar-refractivity contribution in [3.63, 3.8) is 0 Å². The van der Waals surface area contributed by atoms with E-state index in [1.54, 1.807) is 0 Å². The van der Waals surface area contributed by atoms with Crippen LogP contribution in [0.1, 0.15) is 24.0 Å². The number of rotatable bonds is 3. The number of anilines is 1. The summed E-state index contributed by atoms with van der Waals surface area (Å²) in [5.41, 5.74) is 9.58.